The number of phenols is 1. The smallest absolute Gasteiger partial charge is 0.315 e. The van der Waals surface area contributed by atoms with Gasteiger partial charge in [0.1, 0.15) is 5.75 Å². The van der Waals surface area contributed by atoms with E-state index in [2.05, 4.69) is 22.8 Å². The van der Waals surface area contributed by atoms with Crippen LogP contribution in [0.15, 0.2) is 97.1 Å². The summed E-state index contributed by atoms with van der Waals surface area (Å²) in [6.45, 7) is 3.76. The molecule has 0 spiro atoms. The first-order valence-corrected chi connectivity index (χ1v) is 15.7. The lowest BCUT2D eigenvalue weighted by molar-refractivity contribution is -0.252. The largest absolute Gasteiger partial charge is 0.508 e. The molecule has 0 saturated carbocycles. The molecule has 0 unspecified atom stereocenters. The molecule has 0 radical (unpaired) electrons. The summed E-state index contributed by atoms with van der Waals surface area (Å²) in [6, 6.07) is 30.4. The lowest BCUT2D eigenvalue weighted by Gasteiger charge is -2.38. The first-order chi connectivity index (χ1) is 22.3. The third-order valence-corrected chi connectivity index (χ3v) is 8.08. The molecule has 1 fully saturated rings. The van der Waals surface area contributed by atoms with Crippen LogP contribution in [0.5, 0.6) is 5.75 Å². The Labute approximate surface area is 270 Å². The van der Waals surface area contributed by atoms with Gasteiger partial charge in [-0.25, -0.2) is 4.79 Å². The molecule has 5 rings (SSSR count). The van der Waals surface area contributed by atoms with Crippen molar-refractivity contribution < 1.29 is 29.6 Å². The van der Waals surface area contributed by atoms with Crippen LogP contribution in [0.25, 0.3) is 11.1 Å². The van der Waals surface area contributed by atoms with Gasteiger partial charge in [0.05, 0.1) is 24.9 Å². The molecule has 1 aliphatic heterocycles. The van der Waals surface area contributed by atoms with Crippen LogP contribution in [0.1, 0.15) is 59.7 Å². The number of carbonyl (C=O) groups excluding carboxylic acids is 1. The number of urea groups is 1. The fraction of sp³-hybridized carbons (Fsp3) is 0.324. The monoisotopic (exact) mass is 625 g/mol. The highest BCUT2D eigenvalue weighted by atomic mass is 16.7. The van der Waals surface area contributed by atoms with Gasteiger partial charge in [0.15, 0.2) is 6.29 Å². The SMILES string of the molecule is CCNC(=O)NCc1cccc(-c2cccc([C@H]3O[C@@H](CN(C)C[C@@H](O)c4cccc(O)c4)C[C@@H](c4ccc(CO)cc4)O3)c2)c1. The maximum Gasteiger partial charge on any atom is 0.315 e. The number of benzene rings is 4. The van der Waals surface area contributed by atoms with Gasteiger partial charge < -0.3 is 40.3 Å². The quantitative estimate of drug-likeness (QED) is 0.139. The molecule has 2 amide bonds. The summed E-state index contributed by atoms with van der Waals surface area (Å²) in [7, 11) is 1.94. The van der Waals surface area contributed by atoms with E-state index < -0.39 is 12.4 Å². The zero-order chi connectivity index (χ0) is 32.5. The van der Waals surface area contributed by atoms with E-state index in [-0.39, 0.29) is 30.6 Å². The molecule has 1 heterocycles. The zero-order valence-electron chi connectivity index (χ0n) is 26.3. The van der Waals surface area contributed by atoms with Gasteiger partial charge in [-0.3, -0.25) is 0 Å². The van der Waals surface area contributed by atoms with Gasteiger partial charge in [-0.15, -0.1) is 0 Å². The molecule has 9 heteroatoms. The predicted octanol–water partition coefficient (Wildman–Crippen LogP) is 5.58. The van der Waals surface area contributed by atoms with Crippen LogP contribution in [0, 0.1) is 0 Å². The third-order valence-electron chi connectivity index (χ3n) is 8.08. The van der Waals surface area contributed by atoms with Crippen LogP contribution in [0.2, 0.25) is 0 Å². The zero-order valence-corrected chi connectivity index (χ0v) is 26.3. The number of likely N-dealkylation sites (N-methyl/N-ethyl adjacent to an activating group) is 1. The Balaban J connectivity index is 1.34. The Bertz CT molecular complexity index is 1580. The summed E-state index contributed by atoms with van der Waals surface area (Å²) in [5.41, 5.74) is 6.37. The van der Waals surface area contributed by atoms with Crippen molar-refractivity contribution in [2.75, 3.05) is 26.7 Å². The number of nitrogens with zero attached hydrogens (tertiary/aromatic N) is 1. The fourth-order valence-corrected chi connectivity index (χ4v) is 5.72. The summed E-state index contributed by atoms with van der Waals surface area (Å²) in [5.74, 6) is 0.120. The van der Waals surface area contributed by atoms with E-state index >= 15 is 0 Å². The van der Waals surface area contributed by atoms with Crippen molar-refractivity contribution in [3.8, 4) is 16.9 Å². The number of carbonyl (C=O) groups is 1. The minimum absolute atomic E-state index is 0.0253. The van der Waals surface area contributed by atoms with Crippen molar-refractivity contribution in [3.05, 3.63) is 125 Å². The molecule has 4 aromatic rings. The number of rotatable bonds is 12. The molecule has 4 aromatic carbocycles. The summed E-state index contributed by atoms with van der Waals surface area (Å²) < 4.78 is 13.1. The van der Waals surface area contributed by atoms with Crippen molar-refractivity contribution in [2.24, 2.45) is 0 Å². The molecular weight excluding hydrogens is 582 g/mol. The van der Waals surface area contributed by atoms with Gasteiger partial charge in [-0.2, -0.15) is 0 Å². The number of ether oxygens (including phenoxy) is 2. The second-order valence-corrected chi connectivity index (χ2v) is 11.7. The Morgan fingerprint density at radius 1 is 0.891 bits per heavy atom. The molecule has 9 nitrogen and oxygen atoms in total. The average Bonchev–Trinajstić information content (AvgIpc) is 3.07. The maximum absolute atomic E-state index is 11.9. The lowest BCUT2D eigenvalue weighted by atomic mass is 9.98. The van der Waals surface area contributed by atoms with Crippen LogP contribution in [0.3, 0.4) is 0 Å². The number of hydrogen-bond acceptors (Lipinski definition) is 7. The Morgan fingerprint density at radius 3 is 2.37 bits per heavy atom. The molecule has 46 heavy (non-hydrogen) atoms. The standard InChI is InChI=1S/C37H43N3O6/c1-3-38-37(44)39-21-26-7-4-8-28(17-26)29-9-5-11-31(18-29)36-45-33(20-35(46-36)27-15-13-25(24-41)14-16-27)22-40(2)23-34(43)30-10-6-12-32(42)19-30/h4-19,33-36,41-43H,3,20-24H2,1-2H3,(H2,38,39,44)/t33-,34-,35+,36+/m1/s1. The number of aromatic hydroxyl groups is 1. The van der Waals surface area contributed by atoms with E-state index in [9.17, 15) is 20.1 Å². The molecule has 0 aliphatic carbocycles. The number of amides is 2. The molecule has 1 aliphatic rings. The Morgan fingerprint density at radius 2 is 1.63 bits per heavy atom. The first-order valence-electron chi connectivity index (χ1n) is 15.7. The summed E-state index contributed by atoms with van der Waals surface area (Å²) in [4.78, 5) is 13.9. The van der Waals surface area contributed by atoms with Gasteiger partial charge in [-0.05, 0) is 71.6 Å². The van der Waals surface area contributed by atoms with Gasteiger partial charge >= 0.3 is 6.03 Å². The Kier molecular flexibility index (Phi) is 11.4. The van der Waals surface area contributed by atoms with Gasteiger partial charge in [-0.1, -0.05) is 72.8 Å². The number of hydrogen-bond donors (Lipinski definition) is 5. The summed E-state index contributed by atoms with van der Waals surface area (Å²) in [6.07, 6.45) is -1.23. The van der Waals surface area contributed by atoms with Crippen LogP contribution >= 0.6 is 0 Å². The second kappa shape index (κ2) is 15.8. The average molecular weight is 626 g/mol. The number of aliphatic hydroxyl groups excluding tert-OH is 2. The molecule has 0 aromatic heterocycles. The van der Waals surface area contributed by atoms with E-state index in [4.69, 9.17) is 9.47 Å². The highest BCUT2D eigenvalue weighted by Crippen LogP contribution is 2.39. The van der Waals surface area contributed by atoms with E-state index in [1.807, 2.05) is 79.5 Å². The van der Waals surface area contributed by atoms with E-state index in [0.717, 1.165) is 33.4 Å². The minimum atomic E-state index is -0.766. The second-order valence-electron chi connectivity index (χ2n) is 11.7. The van der Waals surface area contributed by atoms with Gasteiger partial charge in [0.25, 0.3) is 0 Å². The van der Waals surface area contributed by atoms with E-state index in [1.165, 1.54) is 0 Å². The molecule has 5 N–H and O–H groups in total. The molecule has 1 saturated heterocycles. The summed E-state index contributed by atoms with van der Waals surface area (Å²) >= 11 is 0. The first kappa shape index (κ1) is 33.1. The van der Waals surface area contributed by atoms with Crippen molar-refractivity contribution >= 4 is 6.03 Å². The topological polar surface area (TPSA) is 124 Å². The Hall–Kier alpha value is -4.25. The minimum Gasteiger partial charge on any atom is -0.508 e. The van der Waals surface area contributed by atoms with Crippen LogP contribution < -0.4 is 10.6 Å². The predicted molar refractivity (Wildman–Crippen MR) is 177 cm³/mol. The molecule has 242 valence electrons. The van der Waals surface area contributed by atoms with Gasteiger partial charge in [0.2, 0.25) is 0 Å². The van der Waals surface area contributed by atoms with Crippen molar-refractivity contribution in [1.82, 2.24) is 15.5 Å². The van der Waals surface area contributed by atoms with Crippen LogP contribution in [-0.2, 0) is 22.6 Å². The maximum atomic E-state index is 11.9. The van der Waals surface area contributed by atoms with E-state index in [0.29, 0.717) is 38.2 Å². The number of phenolic OH excluding ortho intramolecular Hbond substituents is 1. The van der Waals surface area contributed by atoms with Crippen LogP contribution in [0.4, 0.5) is 4.79 Å². The normalized spacial score (nSPS) is 18.7. The molecular formula is C37H43N3O6. The van der Waals surface area contributed by atoms with Crippen LogP contribution in [-0.4, -0.2) is 59.0 Å². The lowest BCUT2D eigenvalue weighted by Crippen LogP contribution is -2.39. The molecule has 4 atom stereocenters. The number of aliphatic hydroxyl groups is 2. The van der Waals surface area contributed by atoms with Crippen molar-refractivity contribution in [3.63, 3.8) is 0 Å². The summed E-state index contributed by atoms with van der Waals surface area (Å²) in [5, 5.41) is 35.8. The number of nitrogens with one attached hydrogen (secondary N) is 2. The highest BCUT2D eigenvalue weighted by Gasteiger charge is 2.33. The highest BCUT2D eigenvalue weighted by molar-refractivity contribution is 5.74. The molecule has 0 bridgehead atoms. The van der Waals surface area contributed by atoms with Gasteiger partial charge in [0, 0.05) is 38.2 Å². The van der Waals surface area contributed by atoms with Crippen molar-refractivity contribution in [1.29, 1.82) is 0 Å². The fourth-order valence-electron chi connectivity index (χ4n) is 5.72. The third kappa shape index (κ3) is 8.93. The van der Waals surface area contributed by atoms with E-state index in [1.54, 1.807) is 24.3 Å². The van der Waals surface area contributed by atoms with Crippen molar-refractivity contribution in [2.45, 2.75) is 51.1 Å².